The molecule has 7 rings (SSSR count). The summed E-state index contributed by atoms with van der Waals surface area (Å²) < 4.78 is 58.4. The molecule has 2 heterocycles. The summed E-state index contributed by atoms with van der Waals surface area (Å²) in [5.41, 5.74) is 3.67. The fourth-order valence-electron chi connectivity index (χ4n) is 7.52. The zero-order valence-electron chi connectivity index (χ0n) is 31.8. The summed E-state index contributed by atoms with van der Waals surface area (Å²) in [7, 11) is 0. The van der Waals surface area contributed by atoms with Crippen LogP contribution >= 0.6 is 0 Å². The standard InChI is InChI=1S/C46H45F2NO9/c1-29(51)56-39(32-12-16-34(47)17-13-32)25-24-38-41(49(45(38)53)36-20-18-35(48)19-21-36)33-14-22-37(23-15-33)57-46-44(55-28-31-10-6-3-7-11-31)43(42(52)40(26-50)58-46)54-27-30-8-4-2-5-9-30/h2-23,38-44,46,50,52H,24-28H2,1H3/t38-,39+,40-,41-,42-,43+,44-,46-/m1/s1. The van der Waals surface area contributed by atoms with Crippen molar-refractivity contribution in [2.75, 3.05) is 11.5 Å². The SMILES string of the molecule is CC(=O)O[C@@H](CC[C@H]1C(=O)N(c2ccc(F)cc2)[C@@H]1c1ccc(O[C@@H]2O[C@H](CO)[C@@H](O)[C@H](OCc3ccccc3)[C@H]2OCc2ccccc2)cc1)c1ccc(F)cc1. The molecule has 58 heavy (non-hydrogen) atoms. The fourth-order valence-corrected chi connectivity index (χ4v) is 7.52. The molecule has 8 atom stereocenters. The van der Waals surface area contributed by atoms with E-state index in [0.717, 1.165) is 16.7 Å². The lowest BCUT2D eigenvalue weighted by atomic mass is 9.78. The van der Waals surface area contributed by atoms with Gasteiger partial charge in [0.1, 0.15) is 47.9 Å². The molecule has 2 aliphatic heterocycles. The molecule has 2 aliphatic rings. The Labute approximate surface area is 335 Å². The first kappa shape index (κ1) is 40.7. The summed E-state index contributed by atoms with van der Waals surface area (Å²) in [5.74, 6) is -1.68. The molecular formula is C46H45F2NO9. The van der Waals surface area contributed by atoms with Crippen molar-refractivity contribution < 1.29 is 52.3 Å². The Hall–Kier alpha value is -5.50. The highest BCUT2D eigenvalue weighted by molar-refractivity contribution is 6.03. The Morgan fingerprint density at radius 3 is 1.91 bits per heavy atom. The van der Waals surface area contributed by atoms with Gasteiger partial charge in [-0.15, -0.1) is 0 Å². The summed E-state index contributed by atoms with van der Waals surface area (Å²) in [5, 5.41) is 21.5. The number of anilines is 1. The van der Waals surface area contributed by atoms with Crippen LogP contribution in [-0.4, -0.2) is 59.4 Å². The highest BCUT2D eigenvalue weighted by Gasteiger charge is 2.50. The summed E-state index contributed by atoms with van der Waals surface area (Å²) in [6.07, 6.45) is -5.29. The molecule has 5 aromatic rings. The van der Waals surface area contributed by atoms with E-state index in [1.807, 2.05) is 72.8 Å². The number of ether oxygens (including phenoxy) is 5. The topological polar surface area (TPSA) is 124 Å². The summed E-state index contributed by atoms with van der Waals surface area (Å²) in [6.45, 7) is 1.15. The maximum Gasteiger partial charge on any atom is 0.303 e. The fraction of sp³-hybridized carbons (Fsp3) is 0.304. The molecule has 302 valence electrons. The van der Waals surface area contributed by atoms with Crippen LogP contribution in [0.25, 0.3) is 0 Å². The first-order valence-corrected chi connectivity index (χ1v) is 19.2. The number of esters is 1. The van der Waals surface area contributed by atoms with E-state index in [4.69, 9.17) is 23.7 Å². The third kappa shape index (κ3) is 9.61. The minimum absolute atomic E-state index is 0.171. The average molecular weight is 794 g/mol. The van der Waals surface area contributed by atoms with Crippen LogP contribution in [0.15, 0.2) is 133 Å². The Bertz CT molecular complexity index is 2090. The van der Waals surface area contributed by atoms with E-state index >= 15 is 0 Å². The largest absolute Gasteiger partial charge is 0.462 e. The van der Waals surface area contributed by atoms with Gasteiger partial charge in [-0.2, -0.15) is 0 Å². The first-order chi connectivity index (χ1) is 28.2. The van der Waals surface area contributed by atoms with Crippen LogP contribution in [0.2, 0.25) is 0 Å². The average Bonchev–Trinajstić information content (AvgIpc) is 3.24. The van der Waals surface area contributed by atoms with E-state index in [-0.39, 0.29) is 19.1 Å². The Morgan fingerprint density at radius 2 is 1.34 bits per heavy atom. The third-order valence-corrected chi connectivity index (χ3v) is 10.5. The lowest BCUT2D eigenvalue weighted by molar-refractivity contribution is -0.299. The van der Waals surface area contributed by atoms with Crippen molar-refractivity contribution in [3.8, 4) is 5.75 Å². The van der Waals surface area contributed by atoms with E-state index in [1.54, 1.807) is 41.3 Å². The molecule has 0 spiro atoms. The van der Waals surface area contributed by atoms with Crippen molar-refractivity contribution >= 4 is 17.6 Å². The molecule has 0 aromatic heterocycles. The molecule has 2 saturated heterocycles. The molecule has 1 amide bonds. The zero-order valence-corrected chi connectivity index (χ0v) is 31.8. The number of amides is 1. The number of aliphatic hydroxyl groups excluding tert-OH is 2. The predicted molar refractivity (Wildman–Crippen MR) is 209 cm³/mol. The Morgan fingerprint density at radius 1 is 0.776 bits per heavy atom. The van der Waals surface area contributed by atoms with Gasteiger partial charge in [0.25, 0.3) is 0 Å². The lowest BCUT2D eigenvalue weighted by Gasteiger charge is -2.48. The van der Waals surface area contributed by atoms with Crippen LogP contribution in [0.3, 0.4) is 0 Å². The summed E-state index contributed by atoms with van der Waals surface area (Å²) in [6, 6.07) is 37.1. The normalized spacial score (nSPS) is 23.5. The van der Waals surface area contributed by atoms with Crippen molar-refractivity contribution in [1.82, 2.24) is 0 Å². The monoisotopic (exact) mass is 793 g/mol. The molecule has 0 saturated carbocycles. The van der Waals surface area contributed by atoms with Crippen LogP contribution in [0.4, 0.5) is 14.5 Å². The van der Waals surface area contributed by atoms with Gasteiger partial charge in [0.2, 0.25) is 12.2 Å². The number of carbonyl (C=O) groups excluding carboxylic acids is 2. The second kappa shape index (κ2) is 18.8. The van der Waals surface area contributed by atoms with E-state index < -0.39 is 73.0 Å². The van der Waals surface area contributed by atoms with Gasteiger partial charge in [0.05, 0.1) is 31.8 Å². The Balaban J connectivity index is 1.13. The van der Waals surface area contributed by atoms with Crippen molar-refractivity contribution in [2.45, 2.75) is 75.8 Å². The number of hydrogen-bond acceptors (Lipinski definition) is 9. The van der Waals surface area contributed by atoms with Gasteiger partial charge in [-0.3, -0.25) is 9.59 Å². The number of aliphatic hydroxyl groups is 2. The maximum atomic E-state index is 13.9. The van der Waals surface area contributed by atoms with Gasteiger partial charge in [0.15, 0.2) is 0 Å². The van der Waals surface area contributed by atoms with Gasteiger partial charge in [0, 0.05) is 12.6 Å². The lowest BCUT2D eigenvalue weighted by Crippen LogP contribution is -2.61. The number of halogens is 2. The summed E-state index contributed by atoms with van der Waals surface area (Å²) >= 11 is 0. The number of benzene rings is 5. The van der Waals surface area contributed by atoms with Gasteiger partial charge < -0.3 is 38.8 Å². The number of nitrogens with zero attached hydrogens (tertiary/aromatic N) is 1. The smallest absolute Gasteiger partial charge is 0.303 e. The molecule has 12 heteroatoms. The highest BCUT2D eigenvalue weighted by Crippen LogP contribution is 2.47. The molecule has 0 aliphatic carbocycles. The molecule has 2 N–H and O–H groups in total. The zero-order chi connectivity index (χ0) is 40.6. The van der Waals surface area contributed by atoms with E-state index in [1.165, 1.54) is 31.2 Å². The van der Waals surface area contributed by atoms with Crippen LogP contribution in [0, 0.1) is 17.6 Å². The minimum atomic E-state index is -1.23. The molecule has 5 aromatic carbocycles. The van der Waals surface area contributed by atoms with E-state index in [0.29, 0.717) is 29.8 Å². The quantitative estimate of drug-likeness (QED) is 0.0778. The highest BCUT2D eigenvalue weighted by atomic mass is 19.1. The van der Waals surface area contributed by atoms with Gasteiger partial charge >= 0.3 is 5.97 Å². The van der Waals surface area contributed by atoms with E-state index in [2.05, 4.69) is 0 Å². The second-order valence-corrected chi connectivity index (χ2v) is 14.4. The van der Waals surface area contributed by atoms with Crippen molar-refractivity contribution in [3.05, 3.63) is 167 Å². The maximum absolute atomic E-state index is 13.9. The molecule has 0 bridgehead atoms. The first-order valence-electron chi connectivity index (χ1n) is 19.2. The second-order valence-electron chi connectivity index (χ2n) is 14.4. The Kier molecular flexibility index (Phi) is 13.2. The van der Waals surface area contributed by atoms with Crippen molar-refractivity contribution in [1.29, 1.82) is 0 Å². The van der Waals surface area contributed by atoms with Gasteiger partial charge in [-0.05, 0) is 83.6 Å². The molecule has 0 radical (unpaired) electrons. The summed E-state index contributed by atoms with van der Waals surface area (Å²) in [4.78, 5) is 27.4. The molecular weight excluding hydrogens is 748 g/mol. The van der Waals surface area contributed by atoms with Crippen LogP contribution in [0.5, 0.6) is 5.75 Å². The van der Waals surface area contributed by atoms with Gasteiger partial charge in [-0.25, -0.2) is 8.78 Å². The van der Waals surface area contributed by atoms with Crippen LogP contribution in [-0.2, 0) is 41.8 Å². The number of β-lactam (4-membered cyclic amide) rings is 1. The minimum Gasteiger partial charge on any atom is -0.462 e. The van der Waals surface area contributed by atoms with Crippen molar-refractivity contribution in [2.24, 2.45) is 5.92 Å². The molecule has 0 unspecified atom stereocenters. The number of carbonyl (C=O) groups is 2. The molecule has 2 fully saturated rings. The van der Waals surface area contributed by atoms with Gasteiger partial charge in [-0.1, -0.05) is 84.9 Å². The number of hydrogen-bond donors (Lipinski definition) is 2. The number of rotatable bonds is 16. The van der Waals surface area contributed by atoms with E-state index in [9.17, 15) is 28.6 Å². The van der Waals surface area contributed by atoms with Crippen LogP contribution < -0.4 is 9.64 Å². The van der Waals surface area contributed by atoms with Crippen molar-refractivity contribution in [3.63, 3.8) is 0 Å². The predicted octanol–water partition coefficient (Wildman–Crippen LogP) is 7.38. The van der Waals surface area contributed by atoms with Crippen LogP contribution in [0.1, 0.15) is 54.2 Å². The third-order valence-electron chi connectivity index (χ3n) is 10.5. The molecule has 10 nitrogen and oxygen atoms in total.